The van der Waals surface area contributed by atoms with E-state index in [0.29, 0.717) is 21.3 Å². The Labute approximate surface area is 234 Å². The number of hydrogen-bond acceptors (Lipinski definition) is 4. The van der Waals surface area contributed by atoms with Gasteiger partial charge >= 0.3 is 0 Å². The molecule has 0 heterocycles. The quantitative estimate of drug-likeness (QED) is 0.326. The molecule has 1 N–H and O–H groups in total. The molecule has 0 radical (unpaired) electrons. The number of anilines is 1. The average Bonchev–Trinajstić information content (AvgIpc) is 2.92. The Morgan fingerprint density at radius 3 is 2.08 bits per heavy atom. The summed E-state index contributed by atoms with van der Waals surface area (Å²) in [5.41, 5.74) is 0.976. The number of para-hydroxylation sites is 1. The van der Waals surface area contributed by atoms with Crippen molar-refractivity contribution in [2.24, 2.45) is 0 Å². The predicted octanol–water partition coefficient (Wildman–Crippen LogP) is 5.52. The fourth-order valence-electron chi connectivity index (χ4n) is 3.73. The second-order valence-corrected chi connectivity index (χ2v) is 11.6. The number of hydrogen-bond donors (Lipinski definition) is 1. The van der Waals surface area contributed by atoms with Crippen LogP contribution >= 0.6 is 23.2 Å². The average molecular weight is 577 g/mol. The van der Waals surface area contributed by atoms with Crippen molar-refractivity contribution in [2.45, 2.75) is 50.7 Å². The number of rotatable bonds is 11. The summed E-state index contributed by atoms with van der Waals surface area (Å²) >= 11 is 12.3. The van der Waals surface area contributed by atoms with Crippen molar-refractivity contribution in [3.05, 3.63) is 94.5 Å². The van der Waals surface area contributed by atoms with Crippen LogP contribution in [0.3, 0.4) is 0 Å². The molecular weight excluding hydrogens is 545 g/mol. The molecule has 7 nitrogen and oxygen atoms in total. The summed E-state index contributed by atoms with van der Waals surface area (Å²) in [5.74, 6) is -0.892. The normalized spacial score (nSPS) is 12.9. The lowest BCUT2D eigenvalue weighted by molar-refractivity contribution is -0.139. The van der Waals surface area contributed by atoms with Gasteiger partial charge in [-0.2, -0.15) is 0 Å². The van der Waals surface area contributed by atoms with Gasteiger partial charge in [0.15, 0.2) is 0 Å². The van der Waals surface area contributed by atoms with Crippen LogP contribution in [0.25, 0.3) is 0 Å². The number of benzene rings is 3. The van der Waals surface area contributed by atoms with Gasteiger partial charge in [-0.1, -0.05) is 72.6 Å². The van der Waals surface area contributed by atoms with Gasteiger partial charge in [-0.15, -0.1) is 0 Å². The molecule has 10 heteroatoms. The predicted molar refractivity (Wildman–Crippen MR) is 152 cm³/mol. The zero-order chi connectivity index (χ0) is 27.9. The van der Waals surface area contributed by atoms with Crippen LogP contribution in [0.15, 0.2) is 83.8 Å². The van der Waals surface area contributed by atoms with Crippen LogP contribution in [0.2, 0.25) is 10.0 Å². The van der Waals surface area contributed by atoms with Crippen LogP contribution in [-0.4, -0.2) is 43.8 Å². The molecule has 2 amide bonds. The molecule has 2 unspecified atom stereocenters. The molecular formula is C28H31Cl2N3O4S. The Morgan fingerprint density at radius 2 is 1.50 bits per heavy atom. The van der Waals surface area contributed by atoms with E-state index in [0.717, 1.165) is 10.7 Å². The van der Waals surface area contributed by atoms with Crippen molar-refractivity contribution in [3.63, 3.8) is 0 Å². The van der Waals surface area contributed by atoms with Crippen LogP contribution in [0.5, 0.6) is 0 Å². The second-order valence-electron chi connectivity index (χ2n) is 8.92. The Kier molecular flexibility index (Phi) is 10.2. The van der Waals surface area contributed by atoms with E-state index < -0.39 is 28.5 Å². The molecule has 0 aliphatic carbocycles. The Hall–Kier alpha value is -3.07. The first-order valence-electron chi connectivity index (χ1n) is 12.2. The molecule has 0 fully saturated rings. The number of nitrogens with one attached hydrogen (secondary N) is 1. The number of halogens is 2. The van der Waals surface area contributed by atoms with Crippen LogP contribution < -0.4 is 9.62 Å². The first kappa shape index (κ1) is 29.5. The highest BCUT2D eigenvalue weighted by molar-refractivity contribution is 7.92. The van der Waals surface area contributed by atoms with Gasteiger partial charge in [0, 0.05) is 12.6 Å². The summed E-state index contributed by atoms with van der Waals surface area (Å²) < 4.78 is 28.4. The zero-order valence-corrected chi connectivity index (χ0v) is 23.8. The molecule has 0 spiro atoms. The topological polar surface area (TPSA) is 86.8 Å². The van der Waals surface area contributed by atoms with Crippen molar-refractivity contribution in [2.75, 3.05) is 10.8 Å². The van der Waals surface area contributed by atoms with E-state index in [2.05, 4.69) is 5.32 Å². The molecule has 3 aromatic carbocycles. The second kappa shape index (κ2) is 13.1. The lowest BCUT2D eigenvalue weighted by Gasteiger charge is -2.32. The molecule has 3 aromatic rings. The van der Waals surface area contributed by atoms with E-state index in [4.69, 9.17) is 23.2 Å². The summed E-state index contributed by atoms with van der Waals surface area (Å²) in [5, 5.41) is 3.57. The maximum absolute atomic E-state index is 13.8. The van der Waals surface area contributed by atoms with Crippen molar-refractivity contribution >= 4 is 50.7 Å². The fraction of sp³-hybridized carbons (Fsp3) is 0.286. The third-order valence-corrected chi connectivity index (χ3v) is 8.69. The molecule has 0 bridgehead atoms. The monoisotopic (exact) mass is 575 g/mol. The number of carbonyl (C=O) groups is 2. The molecule has 202 valence electrons. The fourth-order valence-corrected chi connectivity index (χ4v) is 5.48. The van der Waals surface area contributed by atoms with Crippen LogP contribution in [0.1, 0.15) is 32.8 Å². The van der Waals surface area contributed by atoms with Crippen molar-refractivity contribution in [1.29, 1.82) is 0 Å². The highest BCUT2D eigenvalue weighted by Crippen LogP contribution is 2.26. The van der Waals surface area contributed by atoms with Crippen molar-refractivity contribution in [1.82, 2.24) is 10.2 Å². The van der Waals surface area contributed by atoms with E-state index >= 15 is 0 Å². The minimum Gasteiger partial charge on any atom is -0.352 e. The maximum atomic E-state index is 13.8. The van der Waals surface area contributed by atoms with Gasteiger partial charge in [0.2, 0.25) is 11.8 Å². The van der Waals surface area contributed by atoms with E-state index in [1.54, 1.807) is 73.7 Å². The lowest BCUT2D eigenvalue weighted by atomic mass is 10.1. The van der Waals surface area contributed by atoms with Gasteiger partial charge in [0.25, 0.3) is 10.0 Å². The molecule has 2 atom stereocenters. The van der Waals surface area contributed by atoms with E-state index in [1.807, 2.05) is 13.8 Å². The SMILES string of the molecule is CCC(C)NC(=O)C(C)N(Cc1ccc(Cl)c(Cl)c1)C(=O)CN(c1ccccc1)S(=O)(=O)c1ccccc1. The Balaban J connectivity index is 2.00. The van der Waals surface area contributed by atoms with Crippen LogP contribution in [-0.2, 0) is 26.2 Å². The third-order valence-electron chi connectivity index (χ3n) is 6.16. The molecule has 3 rings (SSSR count). The minimum absolute atomic E-state index is 0.0266. The summed E-state index contributed by atoms with van der Waals surface area (Å²) in [6.07, 6.45) is 0.719. The van der Waals surface area contributed by atoms with E-state index in [-0.39, 0.29) is 23.4 Å². The molecule has 0 aliphatic rings. The molecule has 0 aliphatic heterocycles. The highest BCUT2D eigenvalue weighted by Gasteiger charge is 2.32. The Morgan fingerprint density at radius 1 is 0.895 bits per heavy atom. The standard InChI is InChI=1S/C28H31Cl2N3O4S/c1-4-20(2)31-28(35)21(3)32(18-22-15-16-25(29)26(30)17-22)27(34)19-33(23-11-7-5-8-12-23)38(36,37)24-13-9-6-10-14-24/h5-17,20-21H,4,18-19H2,1-3H3,(H,31,35). The zero-order valence-electron chi connectivity index (χ0n) is 21.5. The van der Waals surface area contributed by atoms with Crippen LogP contribution in [0.4, 0.5) is 5.69 Å². The van der Waals surface area contributed by atoms with E-state index in [1.165, 1.54) is 17.0 Å². The summed E-state index contributed by atoms with van der Waals surface area (Å²) in [4.78, 5) is 28.3. The van der Waals surface area contributed by atoms with Gasteiger partial charge in [-0.3, -0.25) is 13.9 Å². The number of nitrogens with zero attached hydrogens (tertiary/aromatic N) is 2. The number of amides is 2. The maximum Gasteiger partial charge on any atom is 0.264 e. The highest BCUT2D eigenvalue weighted by atomic mass is 35.5. The van der Waals surface area contributed by atoms with Gasteiger partial charge in [-0.05, 0) is 62.2 Å². The molecule has 0 aromatic heterocycles. The smallest absolute Gasteiger partial charge is 0.264 e. The molecule has 0 saturated carbocycles. The van der Waals surface area contributed by atoms with Crippen LogP contribution in [0, 0.1) is 0 Å². The lowest BCUT2D eigenvalue weighted by Crippen LogP contribution is -2.52. The minimum atomic E-state index is -4.09. The Bertz CT molecular complexity index is 1360. The van der Waals surface area contributed by atoms with Gasteiger partial charge < -0.3 is 10.2 Å². The van der Waals surface area contributed by atoms with Crippen molar-refractivity contribution < 1.29 is 18.0 Å². The first-order valence-corrected chi connectivity index (χ1v) is 14.4. The largest absolute Gasteiger partial charge is 0.352 e. The summed E-state index contributed by atoms with van der Waals surface area (Å²) in [6, 6.07) is 20.3. The van der Waals surface area contributed by atoms with Crippen molar-refractivity contribution in [3.8, 4) is 0 Å². The van der Waals surface area contributed by atoms with E-state index in [9.17, 15) is 18.0 Å². The van der Waals surface area contributed by atoms with Gasteiger partial charge in [0.1, 0.15) is 12.6 Å². The summed E-state index contributed by atoms with van der Waals surface area (Å²) in [6.45, 7) is 4.95. The molecule has 0 saturated heterocycles. The molecule has 38 heavy (non-hydrogen) atoms. The first-order chi connectivity index (χ1) is 18.0. The van der Waals surface area contributed by atoms with Gasteiger partial charge in [-0.25, -0.2) is 8.42 Å². The number of carbonyl (C=O) groups excluding carboxylic acids is 2. The summed E-state index contributed by atoms with van der Waals surface area (Å²) in [7, 11) is -4.09. The third kappa shape index (κ3) is 7.28. The van der Waals surface area contributed by atoms with Gasteiger partial charge in [0.05, 0.1) is 20.6 Å². The number of sulfonamides is 1.